The molecule has 0 spiro atoms. The Balaban J connectivity index is 1.81. The molecular weight excluding hydrogens is 216 g/mol. The Morgan fingerprint density at radius 1 is 1.44 bits per heavy atom. The normalized spacial score (nSPS) is 25.9. The van der Waals surface area contributed by atoms with E-state index < -0.39 is 0 Å². The van der Waals surface area contributed by atoms with E-state index in [0.29, 0.717) is 6.04 Å². The van der Waals surface area contributed by atoms with Crippen LogP contribution >= 0.6 is 11.3 Å². The summed E-state index contributed by atoms with van der Waals surface area (Å²) in [5.74, 6) is 0.832. The first-order chi connectivity index (χ1) is 7.79. The van der Waals surface area contributed by atoms with Gasteiger partial charge >= 0.3 is 0 Å². The molecule has 0 saturated heterocycles. The number of aromatic nitrogens is 1. The molecule has 2 rings (SSSR count). The molecular formula is C13H22N2S. The SMILES string of the molecule is CCc1nc(CNC2CCCCC2C)cs1. The van der Waals surface area contributed by atoms with Crippen molar-refractivity contribution in [2.75, 3.05) is 0 Å². The van der Waals surface area contributed by atoms with Crippen LogP contribution in [0.4, 0.5) is 0 Å². The van der Waals surface area contributed by atoms with E-state index in [1.807, 2.05) is 0 Å². The zero-order chi connectivity index (χ0) is 11.4. The summed E-state index contributed by atoms with van der Waals surface area (Å²) in [6.07, 6.45) is 6.58. The molecule has 0 aromatic carbocycles. The maximum atomic E-state index is 4.59. The number of thiazole rings is 1. The fraction of sp³-hybridized carbons (Fsp3) is 0.769. The Labute approximate surface area is 102 Å². The molecule has 1 N–H and O–H groups in total. The van der Waals surface area contributed by atoms with Gasteiger partial charge in [0, 0.05) is 18.0 Å². The van der Waals surface area contributed by atoms with Crippen LogP contribution in [-0.2, 0) is 13.0 Å². The predicted molar refractivity (Wildman–Crippen MR) is 69.8 cm³/mol. The van der Waals surface area contributed by atoms with E-state index in [4.69, 9.17) is 0 Å². The highest BCUT2D eigenvalue weighted by Gasteiger charge is 2.20. The third-order valence-electron chi connectivity index (χ3n) is 3.56. The van der Waals surface area contributed by atoms with Crippen molar-refractivity contribution in [2.24, 2.45) is 5.92 Å². The van der Waals surface area contributed by atoms with Crippen LogP contribution in [0.5, 0.6) is 0 Å². The molecule has 1 heterocycles. The minimum atomic E-state index is 0.709. The van der Waals surface area contributed by atoms with Crippen LogP contribution in [0.15, 0.2) is 5.38 Å². The van der Waals surface area contributed by atoms with Crippen molar-refractivity contribution in [1.82, 2.24) is 10.3 Å². The van der Waals surface area contributed by atoms with Crippen molar-refractivity contribution in [3.8, 4) is 0 Å². The van der Waals surface area contributed by atoms with E-state index in [0.717, 1.165) is 18.9 Å². The van der Waals surface area contributed by atoms with Crippen molar-refractivity contribution in [3.05, 3.63) is 16.1 Å². The Morgan fingerprint density at radius 3 is 2.94 bits per heavy atom. The molecule has 1 fully saturated rings. The van der Waals surface area contributed by atoms with Crippen molar-refractivity contribution in [2.45, 2.75) is 58.5 Å². The van der Waals surface area contributed by atoms with Crippen LogP contribution in [-0.4, -0.2) is 11.0 Å². The van der Waals surface area contributed by atoms with Gasteiger partial charge in [-0.25, -0.2) is 4.98 Å². The van der Waals surface area contributed by atoms with Gasteiger partial charge in [0.2, 0.25) is 0 Å². The zero-order valence-electron chi connectivity index (χ0n) is 10.3. The van der Waals surface area contributed by atoms with E-state index in [-0.39, 0.29) is 0 Å². The summed E-state index contributed by atoms with van der Waals surface area (Å²) in [6, 6.07) is 0.709. The third kappa shape index (κ3) is 3.05. The molecule has 1 aliphatic carbocycles. The number of hydrogen-bond donors (Lipinski definition) is 1. The summed E-state index contributed by atoms with van der Waals surface area (Å²) in [5, 5.41) is 7.12. The van der Waals surface area contributed by atoms with Gasteiger partial charge in [-0.05, 0) is 25.2 Å². The molecule has 2 nitrogen and oxygen atoms in total. The Hall–Kier alpha value is -0.410. The van der Waals surface area contributed by atoms with Gasteiger partial charge in [-0.2, -0.15) is 0 Å². The standard InChI is InChI=1S/C13H22N2S/c1-3-13-15-11(9-16-13)8-14-12-7-5-4-6-10(12)2/h9-10,12,14H,3-8H2,1-2H3. The molecule has 1 saturated carbocycles. The molecule has 2 unspecified atom stereocenters. The molecule has 2 atom stereocenters. The lowest BCUT2D eigenvalue weighted by Crippen LogP contribution is -2.36. The van der Waals surface area contributed by atoms with Gasteiger partial charge in [-0.15, -0.1) is 11.3 Å². The van der Waals surface area contributed by atoms with Gasteiger partial charge in [0.1, 0.15) is 0 Å². The molecule has 16 heavy (non-hydrogen) atoms. The first kappa shape index (κ1) is 12.1. The number of rotatable bonds is 4. The predicted octanol–water partition coefficient (Wildman–Crippen LogP) is 3.37. The first-order valence-electron chi connectivity index (χ1n) is 6.46. The third-order valence-corrected chi connectivity index (χ3v) is 4.60. The van der Waals surface area contributed by atoms with Crippen LogP contribution in [0, 0.1) is 5.92 Å². The van der Waals surface area contributed by atoms with Crippen LogP contribution < -0.4 is 5.32 Å². The molecule has 0 aliphatic heterocycles. The molecule has 0 radical (unpaired) electrons. The number of hydrogen-bond acceptors (Lipinski definition) is 3. The van der Waals surface area contributed by atoms with Crippen LogP contribution in [0.2, 0.25) is 0 Å². The molecule has 1 aliphatic rings. The largest absolute Gasteiger partial charge is 0.308 e. The van der Waals surface area contributed by atoms with Gasteiger partial charge in [-0.1, -0.05) is 26.7 Å². The molecule has 3 heteroatoms. The van der Waals surface area contributed by atoms with Gasteiger partial charge in [-0.3, -0.25) is 0 Å². The molecule has 0 bridgehead atoms. The summed E-state index contributed by atoms with van der Waals surface area (Å²) in [7, 11) is 0. The Kier molecular flexibility index (Phi) is 4.36. The van der Waals surface area contributed by atoms with Gasteiger partial charge in [0.25, 0.3) is 0 Å². The second-order valence-electron chi connectivity index (χ2n) is 4.84. The number of nitrogens with one attached hydrogen (secondary N) is 1. The highest BCUT2D eigenvalue weighted by Crippen LogP contribution is 2.24. The first-order valence-corrected chi connectivity index (χ1v) is 7.34. The Morgan fingerprint density at radius 2 is 2.25 bits per heavy atom. The lowest BCUT2D eigenvalue weighted by molar-refractivity contribution is 0.279. The second-order valence-corrected chi connectivity index (χ2v) is 5.78. The number of aryl methyl sites for hydroxylation is 1. The lowest BCUT2D eigenvalue weighted by Gasteiger charge is -2.29. The van der Waals surface area contributed by atoms with Crippen molar-refractivity contribution >= 4 is 11.3 Å². The fourth-order valence-corrected chi connectivity index (χ4v) is 3.19. The molecule has 1 aromatic rings. The van der Waals surface area contributed by atoms with Crippen molar-refractivity contribution in [1.29, 1.82) is 0 Å². The topological polar surface area (TPSA) is 24.9 Å². The van der Waals surface area contributed by atoms with Crippen LogP contribution in [0.1, 0.15) is 50.2 Å². The zero-order valence-corrected chi connectivity index (χ0v) is 11.1. The lowest BCUT2D eigenvalue weighted by atomic mass is 9.86. The minimum absolute atomic E-state index is 0.709. The monoisotopic (exact) mass is 238 g/mol. The molecule has 0 amide bonds. The fourth-order valence-electron chi connectivity index (χ4n) is 2.45. The van der Waals surface area contributed by atoms with E-state index in [9.17, 15) is 0 Å². The number of nitrogens with zero attached hydrogens (tertiary/aromatic N) is 1. The minimum Gasteiger partial charge on any atom is -0.308 e. The van der Waals surface area contributed by atoms with Gasteiger partial charge in [0.15, 0.2) is 0 Å². The smallest absolute Gasteiger partial charge is 0.0926 e. The highest BCUT2D eigenvalue weighted by atomic mass is 32.1. The maximum Gasteiger partial charge on any atom is 0.0926 e. The Bertz CT molecular complexity index is 321. The summed E-state index contributed by atoms with van der Waals surface area (Å²) >= 11 is 1.79. The molecule has 90 valence electrons. The average Bonchev–Trinajstić information content (AvgIpc) is 2.76. The van der Waals surface area contributed by atoms with Crippen molar-refractivity contribution in [3.63, 3.8) is 0 Å². The van der Waals surface area contributed by atoms with Gasteiger partial charge < -0.3 is 5.32 Å². The highest BCUT2D eigenvalue weighted by molar-refractivity contribution is 7.09. The average molecular weight is 238 g/mol. The second kappa shape index (κ2) is 5.78. The van der Waals surface area contributed by atoms with Crippen molar-refractivity contribution < 1.29 is 0 Å². The maximum absolute atomic E-state index is 4.59. The van der Waals surface area contributed by atoms with E-state index >= 15 is 0 Å². The van der Waals surface area contributed by atoms with E-state index in [2.05, 4.69) is 29.5 Å². The van der Waals surface area contributed by atoms with Crippen LogP contribution in [0.25, 0.3) is 0 Å². The van der Waals surface area contributed by atoms with Gasteiger partial charge in [0.05, 0.1) is 10.7 Å². The summed E-state index contributed by atoms with van der Waals surface area (Å²) in [6.45, 7) is 5.49. The summed E-state index contributed by atoms with van der Waals surface area (Å²) in [4.78, 5) is 4.59. The summed E-state index contributed by atoms with van der Waals surface area (Å²) < 4.78 is 0. The molecule has 1 aromatic heterocycles. The summed E-state index contributed by atoms with van der Waals surface area (Å²) in [5.41, 5.74) is 1.22. The van der Waals surface area contributed by atoms with Crippen LogP contribution in [0.3, 0.4) is 0 Å². The van der Waals surface area contributed by atoms with E-state index in [1.165, 1.54) is 36.4 Å². The van der Waals surface area contributed by atoms with E-state index in [1.54, 1.807) is 11.3 Å². The quantitative estimate of drug-likeness (QED) is 0.870.